The summed E-state index contributed by atoms with van der Waals surface area (Å²) < 4.78 is 17.5. The van der Waals surface area contributed by atoms with Gasteiger partial charge in [0.25, 0.3) is 5.91 Å². The number of hydrogen-bond acceptors (Lipinski definition) is 8. The maximum absolute atomic E-state index is 13.5. The first-order valence-corrected chi connectivity index (χ1v) is 18.0. The van der Waals surface area contributed by atoms with Crippen molar-refractivity contribution in [3.63, 3.8) is 0 Å². The number of hydrogen-bond donors (Lipinski definition) is 3. The van der Waals surface area contributed by atoms with Gasteiger partial charge in [0.1, 0.15) is 12.6 Å². The molecule has 0 radical (unpaired) electrons. The van der Waals surface area contributed by atoms with Crippen molar-refractivity contribution in [3.8, 4) is 28.7 Å². The third-order valence-corrected chi connectivity index (χ3v) is 10.2. The zero-order chi connectivity index (χ0) is 37.8. The van der Waals surface area contributed by atoms with Gasteiger partial charge in [-0.3, -0.25) is 9.59 Å². The standard InChI is InChI=1S/C42H34Cl2N4O6.ClH/c1-52-42(51)36(16-24-2-6-26(7-3-24)27-8-4-25(21-45)5-9-27)48-41(50)35-18-30-19-37-38(20-31(30)22-46-35)54-39(23-53-37)28-10-13-32(14-11-28)47-40(49)29-12-15-33(43)34(44)17-29;/h2-15,17,19-20,35-36,39,46H,16,18,22-23H2,1H3,(H,47,49)(H,48,50);1H/t35-,36-,39?;/m0./s1. The number of nitrogens with one attached hydrogen (secondary N) is 3. The number of fused-ring (bicyclic) bond motifs is 2. The largest absolute Gasteiger partial charge is 0.485 e. The van der Waals surface area contributed by atoms with Crippen molar-refractivity contribution >= 4 is 59.1 Å². The van der Waals surface area contributed by atoms with Gasteiger partial charge in [0.15, 0.2) is 17.6 Å². The lowest BCUT2D eigenvalue weighted by atomic mass is 9.94. The second-order valence-electron chi connectivity index (χ2n) is 13.0. The summed E-state index contributed by atoms with van der Waals surface area (Å²) in [4.78, 5) is 38.9. The summed E-state index contributed by atoms with van der Waals surface area (Å²) in [6, 6.07) is 31.6. The summed E-state index contributed by atoms with van der Waals surface area (Å²) in [5, 5.41) is 18.8. The predicted molar refractivity (Wildman–Crippen MR) is 212 cm³/mol. The van der Waals surface area contributed by atoms with Gasteiger partial charge in [-0.15, -0.1) is 12.4 Å². The Labute approximate surface area is 334 Å². The fourth-order valence-corrected chi connectivity index (χ4v) is 6.77. The van der Waals surface area contributed by atoms with Gasteiger partial charge >= 0.3 is 5.97 Å². The van der Waals surface area contributed by atoms with Gasteiger partial charge in [0.2, 0.25) is 5.91 Å². The molecule has 3 N–H and O–H groups in total. The Kier molecular flexibility index (Phi) is 12.3. The average molecular weight is 798 g/mol. The van der Waals surface area contributed by atoms with Gasteiger partial charge in [-0.2, -0.15) is 5.26 Å². The van der Waals surface area contributed by atoms with E-state index in [9.17, 15) is 14.4 Å². The van der Waals surface area contributed by atoms with Gasteiger partial charge in [-0.1, -0.05) is 71.7 Å². The Hall–Kier alpha value is -5.57. The Morgan fingerprint density at radius 3 is 2.25 bits per heavy atom. The Bertz CT molecular complexity index is 2260. The van der Waals surface area contributed by atoms with Crippen LogP contribution in [0.1, 0.15) is 44.3 Å². The van der Waals surface area contributed by atoms with Gasteiger partial charge < -0.3 is 30.2 Å². The van der Waals surface area contributed by atoms with Crippen molar-refractivity contribution in [1.29, 1.82) is 5.26 Å². The van der Waals surface area contributed by atoms with Crippen LogP contribution in [0.25, 0.3) is 11.1 Å². The van der Waals surface area contributed by atoms with Crippen LogP contribution in [-0.4, -0.2) is 43.6 Å². The van der Waals surface area contributed by atoms with Crippen molar-refractivity contribution < 1.29 is 28.6 Å². The summed E-state index contributed by atoms with van der Waals surface area (Å²) in [6.45, 7) is 0.694. The van der Waals surface area contributed by atoms with Crippen LogP contribution in [0.2, 0.25) is 10.0 Å². The first kappa shape index (κ1) is 39.1. The first-order chi connectivity index (χ1) is 26.2. The number of carbonyl (C=O) groups is 3. The molecule has 0 saturated heterocycles. The zero-order valence-corrected chi connectivity index (χ0v) is 31.8. The number of benzene rings is 5. The van der Waals surface area contributed by atoms with Crippen molar-refractivity contribution in [2.45, 2.75) is 37.6 Å². The van der Waals surface area contributed by atoms with Gasteiger partial charge in [0.05, 0.1) is 34.8 Å². The molecule has 55 heavy (non-hydrogen) atoms. The molecule has 0 aliphatic carbocycles. The minimum atomic E-state index is -0.878. The topological polar surface area (TPSA) is 139 Å². The summed E-state index contributed by atoms with van der Waals surface area (Å²) in [5.41, 5.74) is 7.19. The molecular formula is C42H35Cl3N4O6. The van der Waals surface area contributed by atoms with E-state index in [1.165, 1.54) is 13.2 Å². The smallest absolute Gasteiger partial charge is 0.328 e. The van der Waals surface area contributed by atoms with E-state index in [4.69, 9.17) is 42.7 Å². The van der Waals surface area contributed by atoms with E-state index >= 15 is 0 Å². The van der Waals surface area contributed by atoms with E-state index in [0.717, 1.165) is 33.4 Å². The van der Waals surface area contributed by atoms with Crippen molar-refractivity contribution in [2.24, 2.45) is 0 Å². The molecule has 0 spiro atoms. The number of methoxy groups -OCH3 is 1. The van der Waals surface area contributed by atoms with Gasteiger partial charge in [-0.25, -0.2) is 4.79 Å². The highest BCUT2D eigenvalue weighted by molar-refractivity contribution is 6.42. The van der Waals surface area contributed by atoms with E-state index < -0.39 is 18.1 Å². The quantitative estimate of drug-likeness (QED) is 0.130. The van der Waals surface area contributed by atoms with Crippen LogP contribution in [0.5, 0.6) is 11.5 Å². The summed E-state index contributed by atoms with van der Waals surface area (Å²) >= 11 is 12.0. The van der Waals surface area contributed by atoms with Crippen LogP contribution >= 0.6 is 35.6 Å². The number of carbonyl (C=O) groups excluding carboxylic acids is 3. The van der Waals surface area contributed by atoms with Crippen molar-refractivity contribution in [3.05, 3.63) is 147 Å². The number of halogens is 3. The third kappa shape index (κ3) is 9.05. The molecule has 7 rings (SSSR count). The molecule has 5 aromatic rings. The second-order valence-corrected chi connectivity index (χ2v) is 13.8. The Morgan fingerprint density at radius 2 is 1.58 bits per heavy atom. The third-order valence-electron chi connectivity index (χ3n) is 9.47. The van der Waals surface area contributed by atoms with Gasteiger partial charge in [0, 0.05) is 24.2 Å². The van der Waals surface area contributed by atoms with Crippen LogP contribution in [0.3, 0.4) is 0 Å². The lowest BCUT2D eigenvalue weighted by Crippen LogP contribution is -2.53. The number of nitriles is 1. The Balaban J connectivity index is 0.00000514. The predicted octanol–water partition coefficient (Wildman–Crippen LogP) is 7.63. The molecule has 280 valence electrons. The SMILES string of the molecule is COC(=O)[C@H](Cc1ccc(-c2ccc(C#N)cc2)cc1)NC(=O)[C@@H]1Cc2cc3c(cc2CN1)OC(c1ccc(NC(=O)c2ccc(Cl)c(Cl)c2)cc1)CO3.Cl. The van der Waals surface area contributed by atoms with Crippen molar-refractivity contribution in [2.75, 3.05) is 19.0 Å². The fourth-order valence-electron chi connectivity index (χ4n) is 6.47. The Morgan fingerprint density at radius 1 is 0.891 bits per heavy atom. The van der Waals surface area contributed by atoms with E-state index in [1.807, 2.05) is 60.7 Å². The molecule has 2 aliphatic rings. The number of amides is 2. The molecule has 2 heterocycles. The van der Waals surface area contributed by atoms with E-state index in [-0.39, 0.29) is 43.4 Å². The lowest BCUT2D eigenvalue weighted by Gasteiger charge is -2.31. The van der Waals surface area contributed by atoms with Crippen LogP contribution in [0, 0.1) is 11.3 Å². The molecule has 2 aliphatic heterocycles. The van der Waals surface area contributed by atoms with E-state index in [2.05, 4.69) is 22.0 Å². The normalized spacial score (nSPS) is 16.0. The van der Waals surface area contributed by atoms with Crippen LogP contribution < -0.4 is 25.4 Å². The molecule has 13 heteroatoms. The lowest BCUT2D eigenvalue weighted by molar-refractivity contribution is -0.145. The summed E-state index contributed by atoms with van der Waals surface area (Å²) in [5.74, 6) is 0.0395. The maximum atomic E-state index is 13.5. The monoisotopic (exact) mass is 796 g/mol. The molecule has 0 aromatic heterocycles. The van der Waals surface area contributed by atoms with Crippen LogP contribution in [0.15, 0.2) is 103 Å². The van der Waals surface area contributed by atoms with Crippen LogP contribution in [0.4, 0.5) is 5.69 Å². The minimum absolute atomic E-state index is 0. The highest BCUT2D eigenvalue weighted by Crippen LogP contribution is 2.40. The molecule has 0 saturated carbocycles. The molecular weight excluding hydrogens is 763 g/mol. The number of ether oxygens (including phenoxy) is 3. The second kappa shape index (κ2) is 17.3. The summed E-state index contributed by atoms with van der Waals surface area (Å²) in [6.07, 6.45) is 0.280. The highest BCUT2D eigenvalue weighted by Gasteiger charge is 2.31. The zero-order valence-electron chi connectivity index (χ0n) is 29.4. The van der Waals surface area contributed by atoms with E-state index in [0.29, 0.717) is 51.3 Å². The highest BCUT2D eigenvalue weighted by atomic mass is 35.5. The number of nitrogens with zero attached hydrogens (tertiary/aromatic N) is 1. The van der Waals surface area contributed by atoms with E-state index in [1.54, 1.807) is 36.4 Å². The summed E-state index contributed by atoms with van der Waals surface area (Å²) in [7, 11) is 1.30. The molecule has 5 aromatic carbocycles. The number of rotatable bonds is 9. The fraction of sp³-hybridized carbons (Fsp3) is 0.190. The molecule has 0 fully saturated rings. The molecule has 3 atom stereocenters. The number of esters is 1. The minimum Gasteiger partial charge on any atom is -0.485 e. The first-order valence-electron chi connectivity index (χ1n) is 17.2. The molecule has 0 bridgehead atoms. The van der Waals surface area contributed by atoms with Crippen LogP contribution in [-0.2, 0) is 33.7 Å². The molecule has 1 unspecified atom stereocenters. The molecule has 2 amide bonds. The average Bonchev–Trinajstić information content (AvgIpc) is 3.20. The molecule has 10 nitrogen and oxygen atoms in total. The van der Waals surface area contributed by atoms with Gasteiger partial charge in [-0.05, 0) is 94.4 Å². The number of anilines is 1. The maximum Gasteiger partial charge on any atom is 0.328 e. The van der Waals surface area contributed by atoms with Crippen molar-refractivity contribution in [1.82, 2.24) is 10.6 Å².